The number of aryl methyl sites for hydroxylation is 1. The van der Waals surface area contributed by atoms with Crippen molar-refractivity contribution in [1.29, 1.82) is 0 Å². The smallest absolute Gasteiger partial charge is 0.320 e. The maximum absolute atomic E-state index is 12.7. The third-order valence-electron chi connectivity index (χ3n) is 5.37. The molecule has 0 aliphatic carbocycles. The lowest BCUT2D eigenvalue weighted by atomic mass is 9.98. The summed E-state index contributed by atoms with van der Waals surface area (Å²) in [6, 6.07) is 5.65. The molecule has 0 spiro atoms. The number of nitrogens with one attached hydrogen (secondary N) is 1. The molecule has 27 heavy (non-hydrogen) atoms. The van der Waals surface area contributed by atoms with Crippen LogP contribution in [0.5, 0.6) is 0 Å². The summed E-state index contributed by atoms with van der Waals surface area (Å²) < 4.78 is 5.54. The zero-order valence-electron chi connectivity index (χ0n) is 15.2. The van der Waals surface area contributed by atoms with Gasteiger partial charge in [0.25, 0.3) is 0 Å². The van der Waals surface area contributed by atoms with Gasteiger partial charge in [-0.15, -0.1) is 0 Å². The Bertz CT molecular complexity index is 805. The molecule has 6 nitrogen and oxygen atoms in total. The molecule has 3 aliphatic heterocycles. The zero-order valence-corrected chi connectivity index (χ0v) is 16.0. The third-order valence-corrected chi connectivity index (χ3v) is 5.69. The average molecular weight is 388 g/mol. The summed E-state index contributed by atoms with van der Waals surface area (Å²) in [4.78, 5) is 27.8. The van der Waals surface area contributed by atoms with Crippen LogP contribution in [0.3, 0.4) is 0 Å². The molecule has 1 aromatic carbocycles. The Morgan fingerprint density at radius 1 is 1.30 bits per heavy atom. The number of morpholine rings is 1. The predicted molar refractivity (Wildman–Crippen MR) is 101 cm³/mol. The number of ether oxygens (including phenoxy) is 1. The summed E-state index contributed by atoms with van der Waals surface area (Å²) >= 11 is 6.21. The zero-order chi connectivity index (χ0) is 19.0. The van der Waals surface area contributed by atoms with Crippen molar-refractivity contribution in [2.75, 3.05) is 32.8 Å². The molecule has 4 rings (SSSR count). The van der Waals surface area contributed by atoms with E-state index in [9.17, 15) is 9.59 Å². The lowest BCUT2D eigenvalue weighted by Gasteiger charge is -2.45. The second-order valence-electron chi connectivity index (χ2n) is 7.34. The summed E-state index contributed by atoms with van der Waals surface area (Å²) in [5.74, 6) is 6.45. The Labute approximate surface area is 163 Å². The van der Waals surface area contributed by atoms with E-state index in [0.29, 0.717) is 31.2 Å². The number of rotatable bonds is 0. The van der Waals surface area contributed by atoms with Crippen LogP contribution in [-0.2, 0) is 9.53 Å². The number of hydrogen-bond acceptors (Lipinski definition) is 3. The van der Waals surface area contributed by atoms with Crippen LogP contribution in [0, 0.1) is 24.7 Å². The summed E-state index contributed by atoms with van der Waals surface area (Å²) in [6.45, 7) is 4.52. The Balaban J connectivity index is 1.32. The molecule has 7 heteroatoms. The van der Waals surface area contributed by atoms with Crippen molar-refractivity contribution in [3.8, 4) is 11.8 Å². The predicted octanol–water partition coefficient (Wildman–Crippen LogP) is 1.64. The molecule has 3 aliphatic rings. The van der Waals surface area contributed by atoms with Crippen LogP contribution >= 0.6 is 11.6 Å². The van der Waals surface area contributed by atoms with E-state index in [0.717, 1.165) is 17.5 Å². The summed E-state index contributed by atoms with van der Waals surface area (Å²) in [6.07, 6.45) is 0.764. The van der Waals surface area contributed by atoms with Gasteiger partial charge in [-0.2, -0.15) is 0 Å². The highest BCUT2D eigenvalue weighted by atomic mass is 35.5. The number of hydrogen-bond donors (Lipinski definition) is 1. The molecule has 0 bridgehead atoms. The molecular formula is C20H22ClN3O3. The highest BCUT2D eigenvalue weighted by molar-refractivity contribution is 6.31. The van der Waals surface area contributed by atoms with Gasteiger partial charge in [-0.1, -0.05) is 35.6 Å². The van der Waals surface area contributed by atoms with Gasteiger partial charge >= 0.3 is 6.03 Å². The highest BCUT2D eigenvalue weighted by Gasteiger charge is 2.39. The molecule has 1 N–H and O–H groups in total. The first-order valence-corrected chi connectivity index (χ1v) is 9.60. The molecule has 3 amide bonds. The summed E-state index contributed by atoms with van der Waals surface area (Å²) in [5, 5.41) is 3.59. The van der Waals surface area contributed by atoms with Crippen molar-refractivity contribution in [2.45, 2.75) is 25.5 Å². The number of fused-ring (bicyclic) bond motifs is 1. The van der Waals surface area contributed by atoms with Gasteiger partial charge in [0.05, 0.1) is 23.1 Å². The van der Waals surface area contributed by atoms with Gasteiger partial charge in [-0.3, -0.25) is 4.79 Å². The van der Waals surface area contributed by atoms with E-state index in [1.807, 2.05) is 30.0 Å². The van der Waals surface area contributed by atoms with Gasteiger partial charge in [-0.05, 0) is 25.0 Å². The van der Waals surface area contributed by atoms with Gasteiger partial charge in [0, 0.05) is 31.7 Å². The largest absolute Gasteiger partial charge is 0.366 e. The first-order chi connectivity index (χ1) is 13.0. The fraction of sp³-hybridized carbons (Fsp3) is 0.500. The Hall–Kier alpha value is -2.23. The Kier molecular flexibility index (Phi) is 4.98. The van der Waals surface area contributed by atoms with Crippen LogP contribution < -0.4 is 5.32 Å². The molecule has 3 heterocycles. The molecule has 0 unspecified atom stereocenters. The molecule has 0 saturated carbocycles. The van der Waals surface area contributed by atoms with Gasteiger partial charge < -0.3 is 19.9 Å². The molecule has 0 radical (unpaired) electrons. The number of halogens is 1. The normalized spacial score (nSPS) is 25.0. The SMILES string of the molecule is Cc1cccc(Cl)c1C#CC1CN(C(=O)N2CC[C@@H]3OCC(=O)N[C@@H]3C2)C1. The molecule has 142 valence electrons. The second-order valence-corrected chi connectivity index (χ2v) is 7.75. The number of benzene rings is 1. The minimum atomic E-state index is -0.111. The van der Waals surface area contributed by atoms with E-state index in [1.165, 1.54) is 0 Å². The van der Waals surface area contributed by atoms with E-state index < -0.39 is 0 Å². The molecule has 1 aromatic rings. The first kappa shape index (κ1) is 18.1. The number of urea groups is 1. The Morgan fingerprint density at radius 2 is 2.11 bits per heavy atom. The lowest BCUT2D eigenvalue weighted by molar-refractivity contribution is -0.139. The van der Waals surface area contributed by atoms with Crippen molar-refractivity contribution in [2.24, 2.45) is 5.92 Å². The molecule has 0 aromatic heterocycles. The fourth-order valence-corrected chi connectivity index (χ4v) is 4.03. The van der Waals surface area contributed by atoms with Crippen LogP contribution in [0.1, 0.15) is 17.5 Å². The third kappa shape index (κ3) is 3.76. The second kappa shape index (κ2) is 7.41. The minimum Gasteiger partial charge on any atom is -0.366 e. The van der Waals surface area contributed by atoms with Crippen molar-refractivity contribution in [3.05, 3.63) is 34.3 Å². The van der Waals surface area contributed by atoms with Crippen molar-refractivity contribution in [1.82, 2.24) is 15.1 Å². The number of nitrogens with zero attached hydrogens (tertiary/aromatic N) is 2. The Morgan fingerprint density at radius 3 is 2.89 bits per heavy atom. The number of likely N-dealkylation sites (tertiary alicyclic amines) is 2. The number of carbonyl (C=O) groups excluding carboxylic acids is 2. The number of carbonyl (C=O) groups is 2. The topological polar surface area (TPSA) is 61.9 Å². The minimum absolute atomic E-state index is 0.0141. The molecule has 3 saturated heterocycles. The lowest BCUT2D eigenvalue weighted by Crippen LogP contribution is -2.64. The van der Waals surface area contributed by atoms with Crippen molar-refractivity contribution >= 4 is 23.5 Å². The fourth-order valence-electron chi connectivity index (χ4n) is 3.76. The average Bonchev–Trinajstić information content (AvgIpc) is 2.61. The summed E-state index contributed by atoms with van der Waals surface area (Å²) in [7, 11) is 0. The van der Waals surface area contributed by atoms with Crippen LogP contribution in [-0.4, -0.2) is 66.7 Å². The van der Waals surface area contributed by atoms with Crippen LogP contribution in [0.15, 0.2) is 18.2 Å². The van der Waals surface area contributed by atoms with Gasteiger partial charge in [0.15, 0.2) is 0 Å². The van der Waals surface area contributed by atoms with Crippen LogP contribution in [0.2, 0.25) is 5.02 Å². The summed E-state index contributed by atoms with van der Waals surface area (Å²) in [5.41, 5.74) is 1.92. The quantitative estimate of drug-likeness (QED) is 0.688. The molecule has 3 fully saturated rings. The maximum Gasteiger partial charge on any atom is 0.320 e. The highest BCUT2D eigenvalue weighted by Crippen LogP contribution is 2.23. The monoisotopic (exact) mass is 387 g/mol. The van der Waals surface area contributed by atoms with Gasteiger partial charge in [-0.25, -0.2) is 4.79 Å². The van der Waals surface area contributed by atoms with Crippen molar-refractivity contribution in [3.63, 3.8) is 0 Å². The van der Waals surface area contributed by atoms with E-state index >= 15 is 0 Å². The molecule has 2 atom stereocenters. The first-order valence-electron chi connectivity index (χ1n) is 9.22. The van der Waals surface area contributed by atoms with Crippen LogP contribution in [0.25, 0.3) is 0 Å². The van der Waals surface area contributed by atoms with E-state index in [4.69, 9.17) is 16.3 Å². The molecular weight excluding hydrogens is 366 g/mol. The van der Waals surface area contributed by atoms with E-state index in [2.05, 4.69) is 17.2 Å². The van der Waals surface area contributed by atoms with E-state index in [-0.39, 0.29) is 36.6 Å². The standard InChI is InChI=1S/C20H22ClN3O3/c1-13-3-2-4-16(21)15(13)6-5-14-9-24(10-14)20(26)23-8-7-18-17(11-23)22-19(25)12-27-18/h2-4,14,17-18H,7-12H2,1H3,(H,22,25)/t17-,18+/m1/s1. The number of piperidine rings is 1. The van der Waals surface area contributed by atoms with E-state index in [1.54, 1.807) is 4.90 Å². The van der Waals surface area contributed by atoms with Gasteiger partial charge in [0.2, 0.25) is 5.91 Å². The van der Waals surface area contributed by atoms with Crippen LogP contribution in [0.4, 0.5) is 4.79 Å². The van der Waals surface area contributed by atoms with Gasteiger partial charge in [0.1, 0.15) is 6.61 Å². The van der Waals surface area contributed by atoms with Crippen molar-refractivity contribution < 1.29 is 14.3 Å². The number of amides is 3. The maximum atomic E-state index is 12.7.